The highest BCUT2D eigenvalue weighted by Gasteiger charge is 2.12. The molecule has 0 amide bonds. The number of thioether (sulfide) groups is 1. The summed E-state index contributed by atoms with van der Waals surface area (Å²) in [5, 5.41) is 4.85. The standard InChI is InChI=1S/C16H24N2S2/c1-4-17-13(11-19-10-12(2)3)9-16-18-14-7-5-6-8-15(14)20-16/h5-8,12-13,17H,4,9-11H2,1-3H3. The molecule has 0 spiro atoms. The second-order valence-electron chi connectivity index (χ2n) is 5.47. The van der Waals surface area contributed by atoms with Crippen molar-refractivity contribution in [3.8, 4) is 0 Å². The van der Waals surface area contributed by atoms with Crippen molar-refractivity contribution in [3.05, 3.63) is 29.3 Å². The lowest BCUT2D eigenvalue weighted by molar-refractivity contribution is 0.571. The average Bonchev–Trinajstić information content (AvgIpc) is 2.80. The molecule has 0 aliphatic carbocycles. The van der Waals surface area contributed by atoms with Gasteiger partial charge in [0.2, 0.25) is 0 Å². The largest absolute Gasteiger partial charge is 0.313 e. The van der Waals surface area contributed by atoms with E-state index in [2.05, 4.69) is 50.4 Å². The molecule has 0 radical (unpaired) electrons. The van der Waals surface area contributed by atoms with Crippen LogP contribution >= 0.6 is 23.1 Å². The van der Waals surface area contributed by atoms with Crippen LogP contribution in [-0.2, 0) is 6.42 Å². The molecule has 1 heterocycles. The molecule has 1 aromatic carbocycles. The molecule has 0 aliphatic heterocycles. The first-order chi connectivity index (χ1) is 9.69. The van der Waals surface area contributed by atoms with Crippen molar-refractivity contribution < 1.29 is 0 Å². The van der Waals surface area contributed by atoms with E-state index in [1.807, 2.05) is 23.1 Å². The van der Waals surface area contributed by atoms with Crippen LogP contribution in [0.1, 0.15) is 25.8 Å². The SMILES string of the molecule is CCNC(CSCC(C)C)Cc1nc2ccccc2s1. The Hall–Kier alpha value is -0.580. The number of hydrogen-bond donors (Lipinski definition) is 1. The zero-order valence-corrected chi connectivity index (χ0v) is 14.2. The molecule has 2 rings (SSSR count). The van der Waals surface area contributed by atoms with Gasteiger partial charge in [-0.15, -0.1) is 11.3 Å². The predicted molar refractivity (Wildman–Crippen MR) is 93.0 cm³/mol. The van der Waals surface area contributed by atoms with Gasteiger partial charge in [-0.05, 0) is 30.3 Å². The number of nitrogens with one attached hydrogen (secondary N) is 1. The topological polar surface area (TPSA) is 24.9 Å². The number of hydrogen-bond acceptors (Lipinski definition) is 4. The second-order valence-corrected chi connectivity index (χ2v) is 7.66. The van der Waals surface area contributed by atoms with E-state index in [0.29, 0.717) is 6.04 Å². The minimum atomic E-state index is 0.532. The normalized spacial score (nSPS) is 13.2. The lowest BCUT2D eigenvalue weighted by atomic mass is 10.2. The highest BCUT2D eigenvalue weighted by molar-refractivity contribution is 7.99. The van der Waals surface area contributed by atoms with Crippen LogP contribution in [0.2, 0.25) is 0 Å². The molecule has 1 N–H and O–H groups in total. The van der Waals surface area contributed by atoms with Gasteiger partial charge in [-0.3, -0.25) is 0 Å². The Kier molecular flexibility index (Phi) is 6.33. The Labute approximate surface area is 130 Å². The molecule has 1 atom stereocenters. The summed E-state index contributed by atoms with van der Waals surface area (Å²) in [4.78, 5) is 4.75. The van der Waals surface area contributed by atoms with Gasteiger partial charge in [0.1, 0.15) is 0 Å². The van der Waals surface area contributed by atoms with E-state index < -0.39 is 0 Å². The number of likely N-dealkylation sites (N-methyl/N-ethyl adjacent to an activating group) is 1. The zero-order chi connectivity index (χ0) is 14.4. The molecule has 4 heteroatoms. The molecule has 0 fully saturated rings. The fourth-order valence-corrected chi connectivity index (χ4v) is 4.32. The van der Waals surface area contributed by atoms with Crippen LogP contribution < -0.4 is 5.32 Å². The summed E-state index contributed by atoms with van der Waals surface area (Å²) < 4.78 is 1.30. The van der Waals surface area contributed by atoms with Crippen LogP contribution in [0.5, 0.6) is 0 Å². The van der Waals surface area contributed by atoms with Crippen molar-refractivity contribution in [2.24, 2.45) is 5.92 Å². The summed E-state index contributed by atoms with van der Waals surface area (Å²) in [6, 6.07) is 8.94. The second kappa shape index (κ2) is 8.01. The maximum Gasteiger partial charge on any atom is 0.0954 e. The molecular formula is C16H24N2S2. The van der Waals surface area contributed by atoms with Gasteiger partial charge in [-0.1, -0.05) is 32.9 Å². The zero-order valence-electron chi connectivity index (χ0n) is 12.6. The van der Waals surface area contributed by atoms with Gasteiger partial charge < -0.3 is 5.32 Å². The van der Waals surface area contributed by atoms with Crippen LogP contribution in [0.25, 0.3) is 10.2 Å². The highest BCUT2D eigenvalue weighted by Crippen LogP contribution is 2.23. The van der Waals surface area contributed by atoms with Crippen LogP contribution in [0.3, 0.4) is 0 Å². The van der Waals surface area contributed by atoms with Gasteiger partial charge >= 0.3 is 0 Å². The molecule has 20 heavy (non-hydrogen) atoms. The molecule has 0 saturated heterocycles. The highest BCUT2D eigenvalue weighted by atomic mass is 32.2. The van der Waals surface area contributed by atoms with Crippen molar-refractivity contribution >= 4 is 33.3 Å². The number of thiazole rings is 1. The molecule has 0 saturated carbocycles. The van der Waals surface area contributed by atoms with Gasteiger partial charge in [0.05, 0.1) is 15.2 Å². The maximum atomic E-state index is 4.75. The third-order valence-corrected chi connectivity index (χ3v) is 5.62. The summed E-state index contributed by atoms with van der Waals surface area (Å²) in [6.07, 6.45) is 1.04. The van der Waals surface area contributed by atoms with Crippen LogP contribution in [0.4, 0.5) is 0 Å². The number of fused-ring (bicyclic) bond motifs is 1. The van der Waals surface area contributed by atoms with E-state index in [9.17, 15) is 0 Å². The first kappa shape index (κ1) is 15.8. The average molecular weight is 309 g/mol. The summed E-state index contributed by atoms with van der Waals surface area (Å²) in [7, 11) is 0. The van der Waals surface area contributed by atoms with E-state index in [4.69, 9.17) is 4.98 Å². The summed E-state index contributed by atoms with van der Waals surface area (Å²) in [5.41, 5.74) is 1.14. The third kappa shape index (κ3) is 4.76. The molecule has 2 nitrogen and oxygen atoms in total. The fourth-order valence-electron chi connectivity index (χ4n) is 2.14. The van der Waals surface area contributed by atoms with Gasteiger partial charge in [0, 0.05) is 18.2 Å². The van der Waals surface area contributed by atoms with Crippen LogP contribution in [-0.4, -0.2) is 29.1 Å². The molecule has 110 valence electrons. The molecule has 1 unspecified atom stereocenters. The Bertz CT molecular complexity index is 489. The minimum Gasteiger partial charge on any atom is -0.313 e. The van der Waals surface area contributed by atoms with E-state index in [0.717, 1.165) is 24.4 Å². The number of nitrogens with zero attached hydrogens (tertiary/aromatic N) is 1. The molecule has 0 bridgehead atoms. The Morgan fingerprint density at radius 1 is 1.25 bits per heavy atom. The molecular weight excluding hydrogens is 284 g/mol. The number of benzene rings is 1. The third-order valence-electron chi connectivity index (χ3n) is 3.02. The van der Waals surface area contributed by atoms with Gasteiger partial charge in [-0.25, -0.2) is 4.98 Å². The fraction of sp³-hybridized carbons (Fsp3) is 0.562. The quantitative estimate of drug-likeness (QED) is 0.791. The predicted octanol–water partition coefficient (Wildman–Crippen LogP) is 4.21. The van der Waals surface area contributed by atoms with Gasteiger partial charge in [0.15, 0.2) is 0 Å². The number of aromatic nitrogens is 1. The lowest BCUT2D eigenvalue weighted by Crippen LogP contribution is -2.33. The van der Waals surface area contributed by atoms with Crippen LogP contribution in [0, 0.1) is 5.92 Å². The number of rotatable bonds is 8. The first-order valence-electron chi connectivity index (χ1n) is 7.34. The first-order valence-corrected chi connectivity index (χ1v) is 9.31. The summed E-state index contributed by atoms with van der Waals surface area (Å²) in [6.45, 7) is 7.77. The molecule has 0 aliphatic rings. The van der Waals surface area contributed by atoms with Gasteiger partial charge in [0.25, 0.3) is 0 Å². The minimum absolute atomic E-state index is 0.532. The Morgan fingerprint density at radius 3 is 2.75 bits per heavy atom. The molecule has 2 aromatic rings. The van der Waals surface area contributed by atoms with Crippen molar-refractivity contribution in [1.29, 1.82) is 0 Å². The van der Waals surface area contributed by atoms with Crippen LogP contribution in [0.15, 0.2) is 24.3 Å². The smallest absolute Gasteiger partial charge is 0.0954 e. The summed E-state index contributed by atoms with van der Waals surface area (Å²) in [5.74, 6) is 3.17. The van der Waals surface area contributed by atoms with Crippen molar-refractivity contribution in [3.63, 3.8) is 0 Å². The molecule has 1 aromatic heterocycles. The van der Waals surface area contributed by atoms with Gasteiger partial charge in [-0.2, -0.15) is 11.8 Å². The number of para-hydroxylation sites is 1. The Morgan fingerprint density at radius 2 is 2.05 bits per heavy atom. The van der Waals surface area contributed by atoms with E-state index >= 15 is 0 Å². The maximum absolute atomic E-state index is 4.75. The van der Waals surface area contributed by atoms with Crippen molar-refractivity contribution in [1.82, 2.24) is 10.3 Å². The van der Waals surface area contributed by atoms with E-state index in [-0.39, 0.29) is 0 Å². The monoisotopic (exact) mass is 308 g/mol. The van der Waals surface area contributed by atoms with E-state index in [1.165, 1.54) is 21.2 Å². The van der Waals surface area contributed by atoms with E-state index in [1.54, 1.807) is 0 Å². The van der Waals surface area contributed by atoms with Crippen molar-refractivity contribution in [2.75, 3.05) is 18.1 Å². The Balaban J connectivity index is 1.95. The van der Waals surface area contributed by atoms with Crippen molar-refractivity contribution in [2.45, 2.75) is 33.2 Å². The summed E-state index contributed by atoms with van der Waals surface area (Å²) >= 11 is 3.88. The lowest BCUT2D eigenvalue weighted by Gasteiger charge is -2.16.